The number of carbonyl (C=O) groups excluding carboxylic acids is 1. The predicted molar refractivity (Wildman–Crippen MR) is 112 cm³/mol. The number of rotatable bonds is 6. The van der Waals surface area contributed by atoms with Gasteiger partial charge in [0.05, 0.1) is 5.39 Å². The second-order valence-electron chi connectivity index (χ2n) is 7.49. The average molecular weight is 435 g/mol. The third-order valence-corrected chi connectivity index (χ3v) is 6.83. The number of aryl methyl sites for hydroxylation is 2. The Morgan fingerprint density at radius 3 is 2.77 bits per heavy atom. The molecule has 1 fully saturated rings. The number of nitrogens with one attached hydrogen (secondary N) is 1. The molecule has 0 bridgehead atoms. The molecule has 0 unspecified atom stereocenters. The van der Waals surface area contributed by atoms with Gasteiger partial charge in [0.2, 0.25) is 5.91 Å². The van der Waals surface area contributed by atoms with E-state index in [1.54, 1.807) is 17.7 Å². The van der Waals surface area contributed by atoms with Gasteiger partial charge < -0.3 is 10.2 Å². The number of halogens is 2. The van der Waals surface area contributed by atoms with Crippen LogP contribution in [0.1, 0.15) is 35.7 Å². The van der Waals surface area contributed by atoms with E-state index < -0.39 is 6.55 Å². The van der Waals surface area contributed by atoms with Gasteiger partial charge >= 0.3 is 6.55 Å². The molecule has 1 saturated heterocycles. The average Bonchev–Trinajstić information content (AvgIpc) is 3.32. The molecule has 0 atom stereocenters. The molecule has 7 nitrogen and oxygen atoms in total. The fourth-order valence-corrected chi connectivity index (χ4v) is 4.91. The number of piperidine rings is 1. The van der Waals surface area contributed by atoms with Gasteiger partial charge in [-0.3, -0.25) is 9.36 Å². The number of aromatic nitrogens is 4. The topological polar surface area (TPSA) is 75.9 Å². The highest BCUT2D eigenvalue weighted by atomic mass is 32.1. The number of hydrogen-bond donors (Lipinski definition) is 1. The molecule has 4 rings (SSSR count). The van der Waals surface area contributed by atoms with Crippen molar-refractivity contribution in [2.45, 2.75) is 39.7 Å². The van der Waals surface area contributed by atoms with Crippen LogP contribution in [-0.4, -0.2) is 45.1 Å². The minimum Gasteiger partial charge on any atom is -0.356 e. The van der Waals surface area contributed by atoms with Crippen molar-refractivity contribution in [3.05, 3.63) is 35.0 Å². The molecular weight excluding hydrogens is 410 g/mol. The molecule has 0 radical (unpaired) electrons. The van der Waals surface area contributed by atoms with Gasteiger partial charge in [-0.15, -0.1) is 11.3 Å². The van der Waals surface area contributed by atoms with E-state index in [4.69, 9.17) is 0 Å². The number of carbonyl (C=O) groups is 1. The molecule has 3 aromatic heterocycles. The van der Waals surface area contributed by atoms with Gasteiger partial charge in [-0.05, 0) is 32.3 Å². The fourth-order valence-electron chi connectivity index (χ4n) is 3.91. The molecule has 1 aliphatic rings. The standard InChI is InChI=1S/C20H24F2N6OS/c1-12-13(2)30-19-16(12)17(25-11-26-19)27-8-4-14(5-9-27)18(29)24-6-3-15-23-7-10-28(15)20(21)22/h7,10-11,14,20H,3-6,8-9H2,1-2H3,(H,24,29). The number of nitrogens with zero attached hydrogens (tertiary/aromatic N) is 5. The Hall–Kier alpha value is -2.62. The lowest BCUT2D eigenvalue weighted by Crippen LogP contribution is -2.41. The molecule has 0 saturated carbocycles. The maximum absolute atomic E-state index is 12.9. The summed E-state index contributed by atoms with van der Waals surface area (Å²) >= 11 is 1.68. The van der Waals surface area contributed by atoms with Crippen LogP contribution in [0.2, 0.25) is 0 Å². The normalized spacial score (nSPS) is 15.3. The molecule has 0 spiro atoms. The number of alkyl halides is 2. The summed E-state index contributed by atoms with van der Waals surface area (Å²) in [4.78, 5) is 29.9. The van der Waals surface area contributed by atoms with E-state index in [0.29, 0.717) is 6.54 Å². The van der Waals surface area contributed by atoms with Crippen LogP contribution >= 0.6 is 11.3 Å². The Balaban J connectivity index is 1.32. The highest BCUT2D eigenvalue weighted by Crippen LogP contribution is 2.35. The van der Waals surface area contributed by atoms with Crippen molar-refractivity contribution in [3.63, 3.8) is 0 Å². The summed E-state index contributed by atoms with van der Waals surface area (Å²) in [6.45, 7) is 3.35. The Labute approximate surface area is 177 Å². The van der Waals surface area contributed by atoms with E-state index in [0.717, 1.165) is 46.5 Å². The highest BCUT2D eigenvalue weighted by Gasteiger charge is 2.27. The molecule has 0 aliphatic carbocycles. The summed E-state index contributed by atoms with van der Waals surface area (Å²) in [6.07, 6.45) is 5.93. The SMILES string of the molecule is Cc1sc2ncnc(N3CCC(C(=O)NCCc4nccn4C(F)F)CC3)c2c1C. The summed E-state index contributed by atoms with van der Waals surface area (Å²) in [5, 5.41) is 3.98. The van der Waals surface area contributed by atoms with Crippen LogP contribution < -0.4 is 10.2 Å². The van der Waals surface area contributed by atoms with E-state index in [1.165, 1.54) is 22.8 Å². The molecule has 30 heavy (non-hydrogen) atoms. The first-order chi connectivity index (χ1) is 14.5. The fraction of sp³-hybridized carbons (Fsp3) is 0.500. The van der Waals surface area contributed by atoms with Crippen LogP contribution in [0.25, 0.3) is 10.2 Å². The van der Waals surface area contributed by atoms with Crippen LogP contribution in [0, 0.1) is 19.8 Å². The van der Waals surface area contributed by atoms with E-state index >= 15 is 0 Å². The molecule has 4 heterocycles. The van der Waals surface area contributed by atoms with Gasteiger partial charge in [-0.2, -0.15) is 8.78 Å². The van der Waals surface area contributed by atoms with Gasteiger partial charge in [-0.1, -0.05) is 0 Å². The zero-order valence-electron chi connectivity index (χ0n) is 16.9. The first-order valence-corrected chi connectivity index (χ1v) is 10.8. The van der Waals surface area contributed by atoms with E-state index in [9.17, 15) is 13.6 Å². The number of thiophene rings is 1. The van der Waals surface area contributed by atoms with Gasteiger partial charge in [0.15, 0.2) is 0 Å². The lowest BCUT2D eigenvalue weighted by molar-refractivity contribution is -0.125. The van der Waals surface area contributed by atoms with Crippen molar-refractivity contribution in [2.24, 2.45) is 5.92 Å². The summed E-state index contributed by atoms with van der Waals surface area (Å²) in [6, 6.07) is 0. The first-order valence-electron chi connectivity index (χ1n) is 9.99. The number of fused-ring (bicyclic) bond motifs is 1. The van der Waals surface area contributed by atoms with Crippen molar-refractivity contribution in [1.82, 2.24) is 24.8 Å². The highest BCUT2D eigenvalue weighted by molar-refractivity contribution is 7.18. The third-order valence-electron chi connectivity index (χ3n) is 5.72. The predicted octanol–water partition coefficient (Wildman–Crippen LogP) is 3.48. The molecule has 3 aromatic rings. The van der Waals surface area contributed by atoms with E-state index in [-0.39, 0.29) is 24.1 Å². The molecule has 0 aromatic carbocycles. The maximum atomic E-state index is 12.9. The summed E-state index contributed by atoms with van der Waals surface area (Å²) in [7, 11) is 0. The minimum atomic E-state index is -2.62. The summed E-state index contributed by atoms with van der Waals surface area (Å²) in [5.41, 5.74) is 1.22. The zero-order chi connectivity index (χ0) is 21.3. The largest absolute Gasteiger partial charge is 0.356 e. The minimum absolute atomic E-state index is 0.0276. The third kappa shape index (κ3) is 4.00. The van der Waals surface area contributed by atoms with Crippen LogP contribution in [0.4, 0.5) is 14.6 Å². The van der Waals surface area contributed by atoms with Crippen molar-refractivity contribution < 1.29 is 13.6 Å². The van der Waals surface area contributed by atoms with Gasteiger partial charge in [0.1, 0.15) is 22.8 Å². The second-order valence-corrected chi connectivity index (χ2v) is 8.69. The van der Waals surface area contributed by atoms with Crippen LogP contribution in [0.3, 0.4) is 0 Å². The number of imidazole rings is 1. The Bertz CT molecular complexity index is 1040. The van der Waals surface area contributed by atoms with Gasteiger partial charge in [-0.25, -0.2) is 15.0 Å². The van der Waals surface area contributed by atoms with Crippen molar-refractivity contribution in [2.75, 3.05) is 24.5 Å². The van der Waals surface area contributed by atoms with Crippen molar-refractivity contribution >= 4 is 33.3 Å². The maximum Gasteiger partial charge on any atom is 0.319 e. The Kier molecular flexibility index (Phi) is 5.94. The number of amides is 1. The molecule has 1 amide bonds. The molecule has 1 N–H and O–H groups in total. The van der Waals surface area contributed by atoms with Crippen LogP contribution in [0.5, 0.6) is 0 Å². The lowest BCUT2D eigenvalue weighted by atomic mass is 9.95. The number of anilines is 1. The molecular formula is C20H24F2N6OS. The summed E-state index contributed by atoms with van der Waals surface area (Å²) < 4.78 is 26.5. The monoisotopic (exact) mass is 434 g/mol. The summed E-state index contributed by atoms with van der Waals surface area (Å²) in [5.74, 6) is 1.10. The quantitative estimate of drug-likeness (QED) is 0.643. The van der Waals surface area contributed by atoms with E-state index in [2.05, 4.69) is 39.0 Å². The van der Waals surface area contributed by atoms with Crippen LogP contribution in [-0.2, 0) is 11.2 Å². The van der Waals surface area contributed by atoms with E-state index in [1.807, 2.05) is 0 Å². The second kappa shape index (κ2) is 8.63. The van der Waals surface area contributed by atoms with Crippen molar-refractivity contribution in [1.29, 1.82) is 0 Å². The lowest BCUT2D eigenvalue weighted by Gasteiger charge is -2.32. The van der Waals surface area contributed by atoms with Gasteiger partial charge in [0.25, 0.3) is 0 Å². The zero-order valence-corrected chi connectivity index (χ0v) is 17.8. The van der Waals surface area contributed by atoms with Crippen LogP contribution in [0.15, 0.2) is 18.7 Å². The Morgan fingerprint density at radius 1 is 1.27 bits per heavy atom. The molecule has 1 aliphatic heterocycles. The number of hydrogen-bond acceptors (Lipinski definition) is 6. The molecule has 160 valence electrons. The first kappa shape index (κ1) is 20.6. The van der Waals surface area contributed by atoms with Gasteiger partial charge in [0, 0.05) is 49.2 Å². The smallest absolute Gasteiger partial charge is 0.319 e. The Morgan fingerprint density at radius 2 is 2.03 bits per heavy atom. The molecule has 10 heteroatoms. The van der Waals surface area contributed by atoms with Crippen molar-refractivity contribution in [3.8, 4) is 0 Å².